The molecule has 4 rings (SSSR count). The zero-order valence-electron chi connectivity index (χ0n) is 14.8. The molecule has 1 N–H and O–H groups in total. The highest BCUT2D eigenvalue weighted by Gasteiger charge is 2.54. The topological polar surface area (TPSA) is 49.3 Å². The van der Waals surface area contributed by atoms with E-state index in [1.165, 1.54) is 0 Å². The number of likely N-dealkylation sites (tertiary alicyclic amines) is 1. The van der Waals surface area contributed by atoms with E-state index in [4.69, 9.17) is 11.6 Å². The Morgan fingerprint density at radius 3 is 2.07 bits per heavy atom. The average Bonchev–Trinajstić information content (AvgIpc) is 2.68. The van der Waals surface area contributed by atoms with Crippen molar-refractivity contribution in [3.63, 3.8) is 0 Å². The summed E-state index contributed by atoms with van der Waals surface area (Å²) < 4.78 is 27.5. The lowest BCUT2D eigenvalue weighted by molar-refractivity contribution is -0.174. The first-order valence-electron chi connectivity index (χ1n) is 8.81. The van der Waals surface area contributed by atoms with Crippen LogP contribution in [0.1, 0.15) is 22.7 Å². The molecule has 1 saturated heterocycles. The summed E-state index contributed by atoms with van der Waals surface area (Å²) >= 11 is 6.18. The first kappa shape index (κ1) is 18.9. The third-order valence-electron chi connectivity index (χ3n) is 5.00. The van der Waals surface area contributed by atoms with Gasteiger partial charge in [-0.1, -0.05) is 35.9 Å². The molecule has 0 saturated carbocycles. The molecule has 0 amide bonds. The van der Waals surface area contributed by atoms with Gasteiger partial charge in [0.1, 0.15) is 5.60 Å². The third-order valence-corrected chi connectivity index (χ3v) is 5.23. The Balaban J connectivity index is 1.91. The molecule has 144 valence electrons. The predicted octanol–water partition coefficient (Wildman–Crippen LogP) is 4.06. The summed E-state index contributed by atoms with van der Waals surface area (Å²) in [6.45, 7) is -0.903. The van der Waals surface area contributed by atoms with Crippen LogP contribution in [0.5, 0.6) is 0 Å². The van der Waals surface area contributed by atoms with Gasteiger partial charge >= 0.3 is 0 Å². The SMILES string of the molecule is OC(c1cccnc1)(c1cccnc1)C(c1cccc(Cl)c1)N1CC(F)(F)C1. The van der Waals surface area contributed by atoms with Crippen molar-refractivity contribution in [2.75, 3.05) is 13.1 Å². The number of hydrogen-bond donors (Lipinski definition) is 1. The van der Waals surface area contributed by atoms with E-state index in [2.05, 4.69) is 9.97 Å². The largest absolute Gasteiger partial charge is 0.378 e. The lowest BCUT2D eigenvalue weighted by Gasteiger charge is -2.50. The molecule has 0 bridgehead atoms. The van der Waals surface area contributed by atoms with E-state index < -0.39 is 30.7 Å². The monoisotopic (exact) mass is 401 g/mol. The second kappa shape index (κ2) is 7.20. The minimum Gasteiger partial charge on any atom is -0.378 e. The molecule has 1 fully saturated rings. The summed E-state index contributed by atoms with van der Waals surface area (Å²) in [6.07, 6.45) is 6.28. The molecule has 4 nitrogen and oxygen atoms in total. The highest BCUT2D eigenvalue weighted by Crippen LogP contribution is 2.48. The van der Waals surface area contributed by atoms with Crippen molar-refractivity contribution < 1.29 is 13.9 Å². The van der Waals surface area contributed by atoms with Gasteiger partial charge in [-0.05, 0) is 29.8 Å². The van der Waals surface area contributed by atoms with Gasteiger partial charge in [-0.15, -0.1) is 0 Å². The van der Waals surface area contributed by atoms with Crippen molar-refractivity contribution in [2.45, 2.75) is 17.6 Å². The van der Waals surface area contributed by atoms with Crippen LogP contribution in [0.25, 0.3) is 0 Å². The number of benzene rings is 1. The molecule has 0 radical (unpaired) electrons. The minimum atomic E-state index is -2.79. The standard InChI is InChI=1S/C21H18ClF2N3O/c22-18-7-1-4-15(10-18)19(27-13-20(23,24)14-27)21(28,16-5-2-8-25-11-16)17-6-3-9-26-12-17/h1-12,19,28H,13-14H2. The first-order chi connectivity index (χ1) is 13.4. The molecule has 28 heavy (non-hydrogen) atoms. The summed E-state index contributed by atoms with van der Waals surface area (Å²) in [5.41, 5.74) is -0.0337. The molecular formula is C21H18ClF2N3O. The highest BCUT2D eigenvalue weighted by atomic mass is 35.5. The number of pyridine rings is 2. The Kier molecular flexibility index (Phi) is 4.87. The normalized spacial score (nSPS) is 17.7. The smallest absolute Gasteiger partial charge is 0.272 e. The number of hydrogen-bond acceptors (Lipinski definition) is 4. The van der Waals surface area contributed by atoms with E-state index in [0.717, 1.165) is 0 Å². The highest BCUT2D eigenvalue weighted by molar-refractivity contribution is 6.30. The van der Waals surface area contributed by atoms with E-state index in [1.807, 2.05) is 0 Å². The van der Waals surface area contributed by atoms with Crippen molar-refractivity contribution in [3.8, 4) is 0 Å². The van der Waals surface area contributed by atoms with Gasteiger partial charge in [-0.3, -0.25) is 14.9 Å². The van der Waals surface area contributed by atoms with Crippen LogP contribution in [0.15, 0.2) is 73.3 Å². The van der Waals surface area contributed by atoms with Gasteiger partial charge in [0.25, 0.3) is 5.92 Å². The Labute approximate surface area is 166 Å². The van der Waals surface area contributed by atoms with Crippen molar-refractivity contribution in [1.29, 1.82) is 0 Å². The van der Waals surface area contributed by atoms with E-state index in [1.54, 1.807) is 78.2 Å². The van der Waals surface area contributed by atoms with E-state index in [-0.39, 0.29) is 0 Å². The maximum absolute atomic E-state index is 13.8. The van der Waals surface area contributed by atoms with E-state index >= 15 is 0 Å². The zero-order chi connectivity index (χ0) is 19.8. The van der Waals surface area contributed by atoms with Crippen molar-refractivity contribution in [2.24, 2.45) is 0 Å². The van der Waals surface area contributed by atoms with Crippen molar-refractivity contribution in [3.05, 3.63) is 95.0 Å². The summed E-state index contributed by atoms with van der Waals surface area (Å²) in [7, 11) is 0. The molecule has 1 aliphatic rings. The first-order valence-corrected chi connectivity index (χ1v) is 9.19. The van der Waals surface area contributed by atoms with Crippen LogP contribution in [0.2, 0.25) is 5.02 Å². The number of nitrogens with zero attached hydrogens (tertiary/aromatic N) is 3. The van der Waals surface area contributed by atoms with E-state index in [0.29, 0.717) is 21.7 Å². The van der Waals surface area contributed by atoms with E-state index in [9.17, 15) is 13.9 Å². The fourth-order valence-corrected chi connectivity index (χ4v) is 3.98. The second-order valence-corrected chi connectivity index (χ2v) is 7.40. The molecule has 1 aliphatic heterocycles. The van der Waals surface area contributed by atoms with Gasteiger partial charge in [-0.2, -0.15) is 0 Å². The Bertz CT molecular complexity index is 909. The Morgan fingerprint density at radius 1 is 1.00 bits per heavy atom. The molecule has 3 heterocycles. The second-order valence-electron chi connectivity index (χ2n) is 6.97. The number of alkyl halides is 2. The van der Waals surface area contributed by atoms with Gasteiger partial charge in [0.15, 0.2) is 0 Å². The molecule has 1 atom stereocenters. The predicted molar refractivity (Wildman–Crippen MR) is 102 cm³/mol. The minimum absolute atomic E-state index is 0.451. The number of halogens is 3. The number of aliphatic hydroxyl groups is 1. The van der Waals surface area contributed by atoms with Crippen LogP contribution in [-0.2, 0) is 5.60 Å². The van der Waals surface area contributed by atoms with Crippen LogP contribution in [0.4, 0.5) is 8.78 Å². The molecule has 1 unspecified atom stereocenters. The number of rotatable bonds is 5. The summed E-state index contributed by atoms with van der Waals surface area (Å²) in [6, 6.07) is 13.0. The van der Waals surface area contributed by atoms with Crippen molar-refractivity contribution >= 4 is 11.6 Å². The van der Waals surface area contributed by atoms with Gasteiger partial charge in [-0.25, -0.2) is 8.78 Å². The molecule has 0 spiro atoms. The third kappa shape index (κ3) is 3.39. The van der Waals surface area contributed by atoms with Crippen LogP contribution in [0.3, 0.4) is 0 Å². The molecule has 7 heteroatoms. The Hall–Kier alpha value is -2.41. The van der Waals surface area contributed by atoms with Crippen LogP contribution >= 0.6 is 11.6 Å². The fourth-order valence-electron chi connectivity index (χ4n) is 3.78. The molecule has 0 aliphatic carbocycles. The van der Waals surface area contributed by atoms with Gasteiger partial charge in [0, 0.05) is 40.9 Å². The van der Waals surface area contributed by atoms with Crippen molar-refractivity contribution in [1.82, 2.24) is 14.9 Å². The molecule has 2 aromatic heterocycles. The average molecular weight is 402 g/mol. The van der Waals surface area contributed by atoms with Gasteiger partial charge in [0.2, 0.25) is 0 Å². The number of aromatic nitrogens is 2. The van der Waals surface area contributed by atoms with Gasteiger partial charge < -0.3 is 5.11 Å². The summed E-state index contributed by atoms with van der Waals surface area (Å²) in [4.78, 5) is 9.82. The van der Waals surface area contributed by atoms with Crippen LogP contribution in [0, 0.1) is 0 Å². The zero-order valence-corrected chi connectivity index (χ0v) is 15.6. The summed E-state index contributed by atoms with van der Waals surface area (Å²) in [5, 5.41) is 12.5. The maximum Gasteiger partial charge on any atom is 0.272 e. The quantitative estimate of drug-likeness (QED) is 0.700. The van der Waals surface area contributed by atoms with Crippen LogP contribution in [-0.4, -0.2) is 39.0 Å². The lowest BCUT2D eigenvalue weighted by Crippen LogP contribution is -2.61. The summed E-state index contributed by atoms with van der Waals surface area (Å²) in [5.74, 6) is -2.79. The van der Waals surface area contributed by atoms with Crippen LogP contribution < -0.4 is 0 Å². The molecule has 1 aromatic carbocycles. The Morgan fingerprint density at radius 2 is 1.61 bits per heavy atom. The lowest BCUT2D eigenvalue weighted by atomic mass is 9.76. The molecule has 3 aromatic rings. The maximum atomic E-state index is 13.8. The molecular weight excluding hydrogens is 384 g/mol. The van der Waals surface area contributed by atoms with Gasteiger partial charge in [0.05, 0.1) is 19.1 Å². The fraction of sp³-hybridized carbons (Fsp3) is 0.238.